The molecule has 25 heavy (non-hydrogen) atoms. The topological polar surface area (TPSA) is 98.8 Å². The van der Waals surface area contributed by atoms with Gasteiger partial charge in [-0.15, -0.1) is 0 Å². The van der Waals surface area contributed by atoms with E-state index >= 15 is 0 Å². The van der Waals surface area contributed by atoms with Crippen LogP contribution in [0.15, 0.2) is 24.3 Å². The molecule has 0 aliphatic carbocycles. The Bertz CT molecular complexity index is 723. The molecule has 8 nitrogen and oxygen atoms in total. The number of carbonyl (C=O) groups is 4. The smallest absolute Gasteiger partial charge is 0.325 e. The first kappa shape index (κ1) is 16.9. The molecule has 2 N–H and O–H groups in total. The van der Waals surface area contributed by atoms with E-state index in [2.05, 4.69) is 10.6 Å². The van der Waals surface area contributed by atoms with E-state index in [0.717, 1.165) is 4.90 Å². The first-order valence-electron chi connectivity index (χ1n) is 7.82. The van der Waals surface area contributed by atoms with Crippen molar-refractivity contribution in [2.24, 2.45) is 0 Å². The highest BCUT2D eigenvalue weighted by Gasteiger charge is 2.33. The first-order valence-corrected chi connectivity index (χ1v) is 7.82. The molecular weight excluding hydrogens is 331 g/mol. The van der Waals surface area contributed by atoms with Crippen molar-refractivity contribution in [1.29, 1.82) is 0 Å². The minimum Gasteiger partial charge on any atom is -0.350 e. The van der Waals surface area contributed by atoms with Crippen molar-refractivity contribution in [3.05, 3.63) is 35.6 Å². The van der Waals surface area contributed by atoms with E-state index in [0.29, 0.717) is 12.1 Å². The lowest BCUT2D eigenvalue weighted by atomic mass is 10.2. The maximum absolute atomic E-state index is 13.2. The number of imide groups is 1. The van der Waals surface area contributed by atoms with Gasteiger partial charge in [0.25, 0.3) is 5.91 Å². The Morgan fingerprint density at radius 1 is 1.28 bits per heavy atom. The summed E-state index contributed by atoms with van der Waals surface area (Å²) in [5, 5.41) is 4.98. The highest BCUT2D eigenvalue weighted by Crippen LogP contribution is 2.16. The highest BCUT2D eigenvalue weighted by atomic mass is 19.1. The number of rotatable bonds is 5. The standard InChI is InChI=1S/C16H17FN4O4/c17-11-3-1-2-10(4-11)7-20-8-12(5-14(20)23)19-13(22)9-21-15(24)6-18-16(21)25/h1-4,12H,5-9H2,(H,18,25)(H,19,22)/t12-/m1/s1. The van der Waals surface area contributed by atoms with Crippen molar-refractivity contribution >= 4 is 23.8 Å². The number of amides is 5. The summed E-state index contributed by atoms with van der Waals surface area (Å²) < 4.78 is 13.2. The molecule has 2 aliphatic rings. The molecule has 1 atom stereocenters. The van der Waals surface area contributed by atoms with E-state index in [1.165, 1.54) is 17.0 Å². The lowest BCUT2D eigenvalue weighted by Crippen LogP contribution is -2.45. The van der Waals surface area contributed by atoms with Crippen LogP contribution in [0.2, 0.25) is 0 Å². The number of carbonyl (C=O) groups excluding carboxylic acids is 4. The minimum absolute atomic E-state index is 0.116. The molecular formula is C16H17FN4O4. The van der Waals surface area contributed by atoms with E-state index in [1.54, 1.807) is 12.1 Å². The summed E-state index contributed by atoms with van der Waals surface area (Å²) in [6.07, 6.45) is 0.126. The summed E-state index contributed by atoms with van der Waals surface area (Å²) in [6, 6.07) is 4.97. The highest BCUT2D eigenvalue weighted by molar-refractivity contribution is 6.04. The molecule has 2 saturated heterocycles. The van der Waals surface area contributed by atoms with Crippen LogP contribution in [0, 0.1) is 5.82 Å². The zero-order valence-electron chi connectivity index (χ0n) is 13.3. The second-order valence-corrected chi connectivity index (χ2v) is 6.01. The van der Waals surface area contributed by atoms with Crippen LogP contribution in [0.4, 0.5) is 9.18 Å². The van der Waals surface area contributed by atoms with Gasteiger partial charge in [-0.2, -0.15) is 0 Å². The van der Waals surface area contributed by atoms with Gasteiger partial charge in [0, 0.05) is 19.5 Å². The SMILES string of the molecule is O=C(CN1C(=O)CNC1=O)N[C@@H]1CC(=O)N(Cc2cccc(F)c2)C1. The molecule has 0 radical (unpaired) electrons. The molecule has 5 amide bonds. The summed E-state index contributed by atoms with van der Waals surface area (Å²) in [6.45, 7) is 0.0614. The van der Waals surface area contributed by atoms with E-state index in [1.807, 2.05) is 0 Å². The van der Waals surface area contributed by atoms with Crippen LogP contribution in [0.5, 0.6) is 0 Å². The second kappa shape index (κ2) is 6.88. The van der Waals surface area contributed by atoms with Gasteiger partial charge in [-0.25, -0.2) is 9.18 Å². The van der Waals surface area contributed by atoms with Gasteiger partial charge in [0.1, 0.15) is 12.4 Å². The molecule has 132 valence electrons. The van der Waals surface area contributed by atoms with Gasteiger partial charge < -0.3 is 15.5 Å². The molecule has 1 aromatic carbocycles. The second-order valence-electron chi connectivity index (χ2n) is 6.01. The number of urea groups is 1. The number of hydrogen-bond donors (Lipinski definition) is 2. The molecule has 3 rings (SSSR count). The monoisotopic (exact) mass is 348 g/mol. The Labute approximate surface area is 143 Å². The van der Waals surface area contributed by atoms with E-state index in [4.69, 9.17) is 0 Å². The summed E-state index contributed by atoms with van der Waals surface area (Å²) in [4.78, 5) is 49.3. The fourth-order valence-corrected chi connectivity index (χ4v) is 2.91. The average molecular weight is 348 g/mol. The zero-order chi connectivity index (χ0) is 18.0. The predicted molar refractivity (Wildman–Crippen MR) is 83.5 cm³/mol. The normalized spacial score (nSPS) is 20.2. The number of hydrogen-bond acceptors (Lipinski definition) is 4. The first-order chi connectivity index (χ1) is 11.9. The fourth-order valence-electron chi connectivity index (χ4n) is 2.91. The molecule has 0 aromatic heterocycles. The van der Waals surface area contributed by atoms with Crippen LogP contribution in [-0.4, -0.2) is 59.2 Å². The summed E-state index contributed by atoms with van der Waals surface area (Å²) in [7, 11) is 0. The van der Waals surface area contributed by atoms with E-state index < -0.39 is 23.9 Å². The number of likely N-dealkylation sites (tertiary alicyclic amines) is 1. The van der Waals surface area contributed by atoms with Gasteiger partial charge in [-0.1, -0.05) is 12.1 Å². The van der Waals surface area contributed by atoms with Crippen LogP contribution in [0.25, 0.3) is 0 Å². The van der Waals surface area contributed by atoms with Gasteiger partial charge in [-0.05, 0) is 17.7 Å². The van der Waals surface area contributed by atoms with Gasteiger partial charge in [0.15, 0.2) is 0 Å². The zero-order valence-corrected chi connectivity index (χ0v) is 13.3. The van der Waals surface area contributed by atoms with Crippen molar-refractivity contribution in [2.45, 2.75) is 19.0 Å². The van der Waals surface area contributed by atoms with Crippen LogP contribution in [0.3, 0.4) is 0 Å². The molecule has 0 saturated carbocycles. The fraction of sp³-hybridized carbons (Fsp3) is 0.375. The van der Waals surface area contributed by atoms with Gasteiger partial charge in [0.05, 0.1) is 12.6 Å². The van der Waals surface area contributed by atoms with E-state index in [9.17, 15) is 23.6 Å². The van der Waals surface area contributed by atoms with Gasteiger partial charge in [0.2, 0.25) is 11.8 Å². The Balaban J connectivity index is 1.53. The molecule has 2 fully saturated rings. The molecule has 0 unspecified atom stereocenters. The molecule has 2 heterocycles. The third kappa shape index (κ3) is 3.93. The quantitative estimate of drug-likeness (QED) is 0.707. The van der Waals surface area contributed by atoms with Crippen LogP contribution in [0.1, 0.15) is 12.0 Å². The van der Waals surface area contributed by atoms with Gasteiger partial charge in [-0.3, -0.25) is 19.3 Å². The molecule has 0 bridgehead atoms. The largest absolute Gasteiger partial charge is 0.350 e. The third-order valence-corrected chi connectivity index (χ3v) is 4.08. The van der Waals surface area contributed by atoms with Crippen molar-refractivity contribution in [2.75, 3.05) is 19.6 Å². The van der Waals surface area contributed by atoms with Gasteiger partial charge >= 0.3 is 6.03 Å². The predicted octanol–water partition coefficient (Wildman–Crippen LogP) is -0.405. The van der Waals surface area contributed by atoms with Crippen LogP contribution in [-0.2, 0) is 20.9 Å². The molecule has 1 aromatic rings. The maximum Gasteiger partial charge on any atom is 0.325 e. The summed E-state index contributed by atoms with van der Waals surface area (Å²) >= 11 is 0. The molecule has 0 spiro atoms. The van der Waals surface area contributed by atoms with Crippen molar-refractivity contribution in [3.63, 3.8) is 0 Å². The third-order valence-electron chi connectivity index (χ3n) is 4.08. The van der Waals surface area contributed by atoms with Crippen LogP contribution >= 0.6 is 0 Å². The Hall–Kier alpha value is -2.97. The summed E-state index contributed by atoms with van der Waals surface area (Å²) in [5.74, 6) is -1.49. The lowest BCUT2D eigenvalue weighted by molar-refractivity contribution is -0.131. The molecule has 9 heteroatoms. The number of benzene rings is 1. The van der Waals surface area contributed by atoms with Crippen molar-refractivity contribution in [3.8, 4) is 0 Å². The van der Waals surface area contributed by atoms with Crippen molar-refractivity contribution < 1.29 is 23.6 Å². The lowest BCUT2D eigenvalue weighted by Gasteiger charge is -2.18. The number of nitrogens with one attached hydrogen (secondary N) is 2. The Kier molecular flexibility index (Phi) is 4.64. The van der Waals surface area contributed by atoms with Crippen molar-refractivity contribution in [1.82, 2.24) is 20.4 Å². The Morgan fingerprint density at radius 2 is 2.08 bits per heavy atom. The average Bonchev–Trinajstić information content (AvgIpc) is 3.04. The van der Waals surface area contributed by atoms with Crippen LogP contribution < -0.4 is 10.6 Å². The number of halogens is 1. The number of nitrogens with zero attached hydrogens (tertiary/aromatic N) is 2. The van der Waals surface area contributed by atoms with E-state index in [-0.39, 0.29) is 37.8 Å². The maximum atomic E-state index is 13.2. The Morgan fingerprint density at radius 3 is 2.76 bits per heavy atom. The summed E-state index contributed by atoms with van der Waals surface area (Å²) in [5.41, 5.74) is 0.666. The minimum atomic E-state index is -0.602. The molecule has 2 aliphatic heterocycles.